The van der Waals surface area contributed by atoms with Gasteiger partial charge in [0.25, 0.3) is 0 Å². The molecule has 136 valence electrons. The Morgan fingerprint density at radius 3 is 1.50 bits per heavy atom. The summed E-state index contributed by atoms with van der Waals surface area (Å²) >= 11 is 0. The van der Waals surface area contributed by atoms with Crippen LogP contribution in [0.2, 0.25) is 38.8 Å². The van der Waals surface area contributed by atoms with E-state index in [2.05, 4.69) is 44.3 Å². The first-order valence-corrected chi connectivity index (χ1v) is 17.1. The Hall–Kier alpha value is 0.491. The molecule has 0 spiro atoms. The molecule has 0 unspecified atom stereocenters. The van der Waals surface area contributed by atoms with Crippen LogP contribution in [0.3, 0.4) is 0 Å². The highest BCUT2D eigenvalue weighted by molar-refractivity contribution is 6.73. The van der Waals surface area contributed by atoms with Gasteiger partial charge in [-0.1, -0.05) is 32.7 Å². The molecule has 0 aliphatic heterocycles. The van der Waals surface area contributed by atoms with Crippen molar-refractivity contribution >= 4 is 26.6 Å². The first-order valence-electron chi connectivity index (χ1n) is 8.85. The molecule has 0 bridgehead atoms. The SMILES string of the molecule is CCO[Si](CCCN(C)[Si](C)(C)C)(OCC)OCC.C[SiH2]C. The molecule has 0 aromatic heterocycles. The van der Waals surface area contributed by atoms with Crippen molar-refractivity contribution < 1.29 is 13.3 Å². The van der Waals surface area contributed by atoms with Crippen LogP contribution in [0.15, 0.2) is 0 Å². The lowest BCUT2D eigenvalue weighted by Crippen LogP contribution is -2.48. The second-order valence-electron chi connectivity index (χ2n) is 6.39. The zero-order valence-corrected chi connectivity index (χ0v) is 20.0. The Labute approximate surface area is 144 Å². The van der Waals surface area contributed by atoms with Crippen LogP contribution < -0.4 is 0 Å². The Bertz CT molecular complexity index is 234. The molecule has 0 N–H and O–H groups in total. The molecule has 0 saturated carbocycles. The van der Waals surface area contributed by atoms with E-state index in [1.807, 2.05) is 20.8 Å². The average Bonchev–Trinajstić information content (AvgIpc) is 2.39. The fourth-order valence-electron chi connectivity index (χ4n) is 1.87. The van der Waals surface area contributed by atoms with Crippen LogP contribution in [0.5, 0.6) is 0 Å². The van der Waals surface area contributed by atoms with Gasteiger partial charge in [0, 0.05) is 35.4 Å². The van der Waals surface area contributed by atoms with E-state index < -0.39 is 17.0 Å². The molecule has 22 heavy (non-hydrogen) atoms. The van der Waals surface area contributed by atoms with Gasteiger partial charge in [0.2, 0.25) is 0 Å². The van der Waals surface area contributed by atoms with Gasteiger partial charge in [0.05, 0.1) is 0 Å². The van der Waals surface area contributed by atoms with Gasteiger partial charge < -0.3 is 17.8 Å². The van der Waals surface area contributed by atoms with Crippen molar-refractivity contribution in [3.63, 3.8) is 0 Å². The van der Waals surface area contributed by atoms with Gasteiger partial charge in [-0.25, -0.2) is 0 Å². The van der Waals surface area contributed by atoms with Crippen LogP contribution in [0.1, 0.15) is 27.2 Å². The fourth-order valence-corrected chi connectivity index (χ4v) is 5.29. The van der Waals surface area contributed by atoms with Crippen LogP contribution in [0, 0.1) is 0 Å². The fraction of sp³-hybridized carbons (Fsp3) is 1.00. The summed E-state index contributed by atoms with van der Waals surface area (Å²) in [6, 6.07) is 0.914. The van der Waals surface area contributed by atoms with Gasteiger partial charge in [-0.05, 0) is 40.8 Å². The largest absolute Gasteiger partial charge is 0.500 e. The first-order chi connectivity index (χ1) is 10.2. The summed E-state index contributed by atoms with van der Waals surface area (Å²) in [5, 5.41) is 0. The van der Waals surface area contributed by atoms with E-state index in [1.54, 1.807) is 0 Å². The second-order valence-corrected chi connectivity index (χ2v) is 15.6. The van der Waals surface area contributed by atoms with Crippen molar-refractivity contribution in [1.82, 2.24) is 4.57 Å². The van der Waals surface area contributed by atoms with E-state index in [0.29, 0.717) is 29.3 Å². The van der Waals surface area contributed by atoms with Gasteiger partial charge in [0.1, 0.15) is 8.24 Å². The quantitative estimate of drug-likeness (QED) is 0.523. The summed E-state index contributed by atoms with van der Waals surface area (Å²) in [7, 11) is -0.982. The molecular weight excluding hydrogens is 326 g/mol. The number of hydrogen-bond acceptors (Lipinski definition) is 4. The maximum Gasteiger partial charge on any atom is 0.500 e. The standard InChI is InChI=1S/C13H33NO3Si2.C2H8Si/c1-8-15-19(16-9-2,17-10-3)13-11-12-14(4)18(5,6)7;1-3-2/h8-13H2,1-7H3;3H2,1-2H3. The van der Waals surface area contributed by atoms with E-state index in [4.69, 9.17) is 13.3 Å². The molecule has 0 aliphatic carbocycles. The van der Waals surface area contributed by atoms with E-state index in [0.717, 1.165) is 19.0 Å². The summed E-state index contributed by atoms with van der Waals surface area (Å²) in [6.45, 7) is 20.7. The van der Waals surface area contributed by atoms with Gasteiger partial charge in [-0.2, -0.15) is 0 Å². The highest BCUT2D eigenvalue weighted by Gasteiger charge is 2.39. The second kappa shape index (κ2) is 13.9. The number of rotatable bonds is 11. The molecule has 0 fully saturated rings. The molecule has 0 aliphatic rings. The van der Waals surface area contributed by atoms with Crippen LogP contribution >= 0.6 is 0 Å². The van der Waals surface area contributed by atoms with Crippen LogP contribution in [-0.4, -0.2) is 64.5 Å². The monoisotopic (exact) mass is 367 g/mol. The molecule has 7 heteroatoms. The van der Waals surface area contributed by atoms with E-state index in [1.165, 1.54) is 0 Å². The lowest BCUT2D eigenvalue weighted by atomic mass is 10.5. The number of hydrogen-bond donors (Lipinski definition) is 0. The molecule has 0 radical (unpaired) electrons. The molecule has 0 heterocycles. The summed E-state index contributed by atoms with van der Waals surface area (Å²) in [4.78, 5) is 0. The maximum atomic E-state index is 5.87. The van der Waals surface area contributed by atoms with Crippen molar-refractivity contribution in [2.45, 2.75) is 66.0 Å². The molecule has 0 rings (SSSR count). The third-order valence-electron chi connectivity index (χ3n) is 3.21. The Balaban J connectivity index is 0. The lowest BCUT2D eigenvalue weighted by Gasteiger charge is -2.32. The van der Waals surface area contributed by atoms with Crippen molar-refractivity contribution in [1.29, 1.82) is 0 Å². The Morgan fingerprint density at radius 1 is 0.864 bits per heavy atom. The van der Waals surface area contributed by atoms with Crippen LogP contribution in [0.4, 0.5) is 0 Å². The van der Waals surface area contributed by atoms with Crippen LogP contribution in [-0.2, 0) is 13.3 Å². The molecule has 0 aromatic carbocycles. The molecule has 0 aromatic rings. The van der Waals surface area contributed by atoms with Gasteiger partial charge in [-0.15, -0.1) is 0 Å². The van der Waals surface area contributed by atoms with Crippen molar-refractivity contribution in [3.05, 3.63) is 0 Å². The zero-order chi connectivity index (χ0) is 17.6. The summed E-state index contributed by atoms with van der Waals surface area (Å²) in [6.07, 6.45) is 1.08. The summed E-state index contributed by atoms with van der Waals surface area (Å²) in [5.74, 6) is 0. The van der Waals surface area contributed by atoms with Crippen molar-refractivity contribution in [2.24, 2.45) is 0 Å². The smallest absolute Gasteiger partial charge is 0.374 e. The third kappa shape index (κ3) is 12.0. The topological polar surface area (TPSA) is 30.9 Å². The van der Waals surface area contributed by atoms with Crippen molar-refractivity contribution in [2.75, 3.05) is 33.4 Å². The highest BCUT2D eigenvalue weighted by Crippen LogP contribution is 2.19. The average molecular weight is 368 g/mol. The molecular formula is C15H41NO3Si3. The molecule has 0 saturated heterocycles. The molecule has 0 amide bonds. The predicted octanol–water partition coefficient (Wildman–Crippen LogP) is 3.44. The Kier molecular flexibility index (Phi) is 15.6. The van der Waals surface area contributed by atoms with Crippen molar-refractivity contribution in [3.8, 4) is 0 Å². The minimum Gasteiger partial charge on any atom is -0.374 e. The lowest BCUT2D eigenvalue weighted by molar-refractivity contribution is 0.0705. The summed E-state index contributed by atoms with van der Waals surface area (Å²) < 4.78 is 20.1. The Morgan fingerprint density at radius 2 is 1.23 bits per heavy atom. The zero-order valence-electron chi connectivity index (χ0n) is 16.6. The highest BCUT2D eigenvalue weighted by atomic mass is 28.4. The van der Waals surface area contributed by atoms with Gasteiger partial charge >= 0.3 is 8.80 Å². The van der Waals surface area contributed by atoms with E-state index in [9.17, 15) is 0 Å². The van der Waals surface area contributed by atoms with E-state index in [-0.39, 0.29) is 0 Å². The molecule has 4 nitrogen and oxygen atoms in total. The summed E-state index contributed by atoms with van der Waals surface area (Å²) in [5.41, 5.74) is 0. The molecule has 0 atom stereocenters. The minimum absolute atomic E-state index is 0.417. The third-order valence-corrected chi connectivity index (χ3v) is 8.88. The van der Waals surface area contributed by atoms with Gasteiger partial charge in [0.15, 0.2) is 0 Å². The first kappa shape index (κ1) is 24.7. The number of nitrogens with zero attached hydrogens (tertiary/aromatic N) is 1. The van der Waals surface area contributed by atoms with Crippen LogP contribution in [0.25, 0.3) is 0 Å². The van der Waals surface area contributed by atoms with E-state index >= 15 is 0 Å². The normalized spacial score (nSPS) is 12.3. The minimum atomic E-state index is -2.43. The maximum absolute atomic E-state index is 5.87. The predicted molar refractivity (Wildman–Crippen MR) is 106 cm³/mol. The van der Waals surface area contributed by atoms with Gasteiger partial charge in [-0.3, -0.25) is 0 Å².